The van der Waals surface area contributed by atoms with Gasteiger partial charge in [-0.3, -0.25) is 9.59 Å². The fraction of sp³-hybridized carbons (Fsp3) is 0.600. The van der Waals surface area contributed by atoms with Crippen LogP contribution in [-0.2, 0) is 9.59 Å². The minimum atomic E-state index is -0.380. The lowest BCUT2D eigenvalue weighted by Gasteiger charge is -2.32. The molecule has 0 radical (unpaired) electrons. The summed E-state index contributed by atoms with van der Waals surface area (Å²) in [5.41, 5.74) is 2.30. The van der Waals surface area contributed by atoms with Crippen LogP contribution in [0.2, 0.25) is 0 Å². The highest BCUT2D eigenvalue weighted by molar-refractivity contribution is 6.25. The number of rotatable bonds is 3. The van der Waals surface area contributed by atoms with Gasteiger partial charge in [0.2, 0.25) is 11.8 Å². The van der Waals surface area contributed by atoms with Crippen LogP contribution in [-0.4, -0.2) is 35.8 Å². The summed E-state index contributed by atoms with van der Waals surface area (Å²) >= 11 is 5.53. The highest BCUT2D eigenvalue weighted by Crippen LogP contribution is 2.08. The average molecular weight is 231 g/mol. The maximum atomic E-state index is 11.8. The van der Waals surface area contributed by atoms with Gasteiger partial charge in [-0.2, -0.15) is 0 Å². The molecule has 0 aliphatic carbocycles. The van der Waals surface area contributed by atoms with Crippen LogP contribution in [0, 0.1) is 0 Å². The number of hydrogen-bond donors (Lipinski definition) is 1. The second kappa shape index (κ2) is 5.16. The largest absolute Gasteiger partial charge is 0.343 e. The molecule has 0 bridgehead atoms. The van der Waals surface area contributed by atoms with Crippen LogP contribution in [0.5, 0.6) is 0 Å². The summed E-state index contributed by atoms with van der Waals surface area (Å²) < 4.78 is 0. The first-order chi connectivity index (χ1) is 7.08. The van der Waals surface area contributed by atoms with Crippen molar-refractivity contribution in [2.24, 2.45) is 0 Å². The first kappa shape index (κ1) is 12.0. The molecule has 0 saturated carbocycles. The molecule has 4 nitrogen and oxygen atoms in total. The maximum Gasteiger partial charge on any atom is 0.245 e. The van der Waals surface area contributed by atoms with Crippen LogP contribution in [0.1, 0.15) is 20.3 Å². The highest BCUT2D eigenvalue weighted by Gasteiger charge is 2.30. The number of nitrogens with one attached hydrogen (secondary N) is 1. The Labute approximate surface area is 94.3 Å². The molecule has 1 heterocycles. The Morgan fingerprint density at radius 1 is 1.67 bits per heavy atom. The van der Waals surface area contributed by atoms with E-state index >= 15 is 0 Å². The minimum absolute atomic E-state index is 0.0324. The molecule has 1 rings (SSSR count). The van der Waals surface area contributed by atoms with Crippen molar-refractivity contribution < 1.29 is 9.59 Å². The SMILES string of the molecule is CCC1NC(=O)CN(CC(C)=CCl)C1=O. The maximum absolute atomic E-state index is 11.8. The van der Waals surface area contributed by atoms with E-state index in [0.29, 0.717) is 13.0 Å². The van der Waals surface area contributed by atoms with E-state index in [4.69, 9.17) is 11.6 Å². The third-order valence-electron chi connectivity index (χ3n) is 2.31. The summed E-state index contributed by atoms with van der Waals surface area (Å²) in [6, 6.07) is -0.380. The Balaban J connectivity index is 2.70. The van der Waals surface area contributed by atoms with Crippen molar-refractivity contribution in [1.29, 1.82) is 0 Å². The zero-order valence-electron chi connectivity index (χ0n) is 8.92. The molecule has 0 aromatic rings. The van der Waals surface area contributed by atoms with E-state index in [-0.39, 0.29) is 24.4 Å². The summed E-state index contributed by atoms with van der Waals surface area (Å²) in [5.74, 6) is -0.140. The van der Waals surface area contributed by atoms with Crippen molar-refractivity contribution >= 4 is 23.4 Å². The molecule has 2 amide bonds. The third kappa shape index (κ3) is 2.96. The van der Waals surface area contributed by atoms with E-state index in [2.05, 4.69) is 5.32 Å². The minimum Gasteiger partial charge on any atom is -0.343 e. The molecule has 1 saturated heterocycles. The topological polar surface area (TPSA) is 49.4 Å². The predicted octanol–water partition coefficient (Wildman–Crippen LogP) is 0.866. The van der Waals surface area contributed by atoms with Gasteiger partial charge in [-0.05, 0) is 18.9 Å². The molecule has 0 spiro atoms. The molecule has 5 heteroatoms. The Bertz CT molecular complexity index is 302. The summed E-state index contributed by atoms with van der Waals surface area (Å²) in [6.45, 7) is 4.24. The second-order valence-corrected chi connectivity index (χ2v) is 3.90. The number of amides is 2. The van der Waals surface area contributed by atoms with Crippen LogP contribution < -0.4 is 5.32 Å². The molecule has 1 unspecified atom stereocenters. The van der Waals surface area contributed by atoms with Gasteiger partial charge < -0.3 is 10.2 Å². The molecule has 0 aromatic heterocycles. The van der Waals surface area contributed by atoms with Crippen LogP contribution in [0.3, 0.4) is 0 Å². The van der Waals surface area contributed by atoms with Gasteiger partial charge in [-0.1, -0.05) is 18.5 Å². The van der Waals surface area contributed by atoms with Gasteiger partial charge in [-0.15, -0.1) is 0 Å². The smallest absolute Gasteiger partial charge is 0.245 e. The van der Waals surface area contributed by atoms with Gasteiger partial charge >= 0.3 is 0 Å². The van der Waals surface area contributed by atoms with Gasteiger partial charge in [0.05, 0.1) is 6.54 Å². The molecule has 1 atom stereocenters. The summed E-state index contributed by atoms with van der Waals surface area (Å²) in [7, 11) is 0. The Morgan fingerprint density at radius 3 is 2.87 bits per heavy atom. The van der Waals surface area contributed by atoms with E-state index in [1.165, 1.54) is 10.4 Å². The Hall–Kier alpha value is -1.03. The average Bonchev–Trinajstić information content (AvgIpc) is 2.22. The van der Waals surface area contributed by atoms with Crippen molar-refractivity contribution in [3.05, 3.63) is 11.1 Å². The summed E-state index contributed by atoms with van der Waals surface area (Å²) in [4.78, 5) is 24.6. The number of nitrogens with zero attached hydrogens (tertiary/aromatic N) is 1. The van der Waals surface area contributed by atoms with E-state index in [1.54, 1.807) is 0 Å². The lowest BCUT2D eigenvalue weighted by molar-refractivity contribution is -0.143. The summed E-state index contributed by atoms with van der Waals surface area (Å²) in [6.07, 6.45) is 0.616. The van der Waals surface area contributed by atoms with Crippen LogP contribution >= 0.6 is 11.6 Å². The molecule has 1 fully saturated rings. The Morgan fingerprint density at radius 2 is 2.33 bits per heavy atom. The van der Waals surface area contributed by atoms with E-state index < -0.39 is 0 Å². The predicted molar refractivity (Wildman–Crippen MR) is 58.4 cm³/mol. The standard InChI is InChI=1S/C10H15ClN2O2/c1-3-8-10(15)13(5-7(2)4-11)6-9(14)12-8/h4,8H,3,5-6H2,1-2H3,(H,12,14). The quantitative estimate of drug-likeness (QED) is 0.782. The van der Waals surface area contributed by atoms with Crippen LogP contribution in [0.15, 0.2) is 11.1 Å². The lowest BCUT2D eigenvalue weighted by atomic mass is 10.1. The zero-order chi connectivity index (χ0) is 11.4. The molecular formula is C10H15ClN2O2. The first-order valence-electron chi connectivity index (χ1n) is 4.92. The monoisotopic (exact) mass is 230 g/mol. The lowest BCUT2D eigenvalue weighted by Crippen LogP contribution is -2.57. The van der Waals surface area contributed by atoms with Crippen molar-refractivity contribution in [1.82, 2.24) is 10.2 Å². The fourth-order valence-electron chi connectivity index (χ4n) is 1.52. The van der Waals surface area contributed by atoms with Crippen molar-refractivity contribution in [2.45, 2.75) is 26.3 Å². The van der Waals surface area contributed by atoms with E-state index in [1.807, 2.05) is 13.8 Å². The van der Waals surface area contributed by atoms with Gasteiger partial charge in [0.15, 0.2) is 0 Å². The first-order valence-corrected chi connectivity index (χ1v) is 5.36. The van der Waals surface area contributed by atoms with E-state index in [0.717, 1.165) is 5.57 Å². The molecular weight excluding hydrogens is 216 g/mol. The fourth-order valence-corrected chi connectivity index (χ4v) is 1.59. The molecule has 1 aliphatic rings. The van der Waals surface area contributed by atoms with Gasteiger partial charge in [0.1, 0.15) is 6.04 Å². The van der Waals surface area contributed by atoms with Crippen molar-refractivity contribution in [2.75, 3.05) is 13.1 Å². The molecule has 1 aliphatic heterocycles. The molecule has 15 heavy (non-hydrogen) atoms. The number of carbonyl (C=O) groups is 2. The third-order valence-corrected chi connectivity index (χ3v) is 2.69. The van der Waals surface area contributed by atoms with E-state index in [9.17, 15) is 9.59 Å². The number of carbonyl (C=O) groups excluding carboxylic acids is 2. The molecule has 0 aromatic carbocycles. The zero-order valence-corrected chi connectivity index (χ0v) is 9.67. The molecule has 1 N–H and O–H groups in total. The molecule has 84 valence electrons. The summed E-state index contributed by atoms with van der Waals surface area (Å²) in [5, 5.41) is 2.65. The normalized spacial score (nSPS) is 23.0. The van der Waals surface area contributed by atoms with Crippen molar-refractivity contribution in [3.8, 4) is 0 Å². The van der Waals surface area contributed by atoms with Gasteiger partial charge in [0, 0.05) is 12.1 Å². The van der Waals surface area contributed by atoms with Crippen molar-refractivity contribution in [3.63, 3.8) is 0 Å². The highest BCUT2D eigenvalue weighted by atomic mass is 35.5. The number of hydrogen-bond acceptors (Lipinski definition) is 2. The Kier molecular flexibility index (Phi) is 4.15. The number of halogens is 1. The van der Waals surface area contributed by atoms with Crippen LogP contribution in [0.4, 0.5) is 0 Å². The van der Waals surface area contributed by atoms with Gasteiger partial charge in [-0.25, -0.2) is 0 Å². The van der Waals surface area contributed by atoms with Gasteiger partial charge in [0.25, 0.3) is 0 Å². The number of piperazine rings is 1. The second-order valence-electron chi connectivity index (χ2n) is 3.68. The van der Waals surface area contributed by atoms with Crippen LogP contribution in [0.25, 0.3) is 0 Å².